The topological polar surface area (TPSA) is 70.8 Å². The van der Waals surface area contributed by atoms with Crippen molar-refractivity contribution < 1.29 is 19.0 Å². The van der Waals surface area contributed by atoms with Gasteiger partial charge in [0.1, 0.15) is 5.75 Å². The minimum Gasteiger partial charge on any atom is -0.490 e. The minimum absolute atomic E-state index is 0.112. The number of carbonyl (C=O) groups is 1. The van der Waals surface area contributed by atoms with Gasteiger partial charge in [-0.2, -0.15) is 0 Å². The van der Waals surface area contributed by atoms with Gasteiger partial charge in [-0.25, -0.2) is 0 Å². The van der Waals surface area contributed by atoms with E-state index in [1.165, 1.54) is 0 Å². The SMILES string of the molecule is NC(=O)COc1cccc(CSc2ccc3c(c2)OCCCO3)c1. The third-order valence-corrected chi connectivity index (χ3v) is 4.47. The first-order chi connectivity index (χ1) is 11.7. The lowest BCUT2D eigenvalue weighted by molar-refractivity contribution is -0.119. The van der Waals surface area contributed by atoms with Gasteiger partial charge < -0.3 is 19.9 Å². The van der Waals surface area contributed by atoms with Crippen LogP contribution in [0.5, 0.6) is 17.2 Å². The number of rotatable bonds is 6. The molecule has 2 aromatic carbocycles. The molecule has 6 heteroatoms. The zero-order chi connectivity index (χ0) is 16.8. The van der Waals surface area contributed by atoms with Gasteiger partial charge in [-0.1, -0.05) is 12.1 Å². The maximum atomic E-state index is 10.8. The van der Waals surface area contributed by atoms with Gasteiger partial charge in [-0.3, -0.25) is 4.79 Å². The maximum Gasteiger partial charge on any atom is 0.255 e. The molecule has 0 aliphatic carbocycles. The second-order valence-corrected chi connectivity index (χ2v) is 6.40. The molecule has 1 amide bonds. The van der Waals surface area contributed by atoms with Gasteiger partial charge in [-0.05, 0) is 35.9 Å². The number of hydrogen-bond acceptors (Lipinski definition) is 5. The fourth-order valence-corrected chi connectivity index (χ4v) is 3.15. The minimum atomic E-state index is -0.484. The summed E-state index contributed by atoms with van der Waals surface area (Å²) in [5.74, 6) is 2.55. The van der Waals surface area contributed by atoms with Crippen molar-refractivity contribution in [3.8, 4) is 17.2 Å². The Morgan fingerprint density at radius 1 is 1.12 bits per heavy atom. The summed E-state index contributed by atoms with van der Waals surface area (Å²) in [4.78, 5) is 11.9. The number of benzene rings is 2. The highest BCUT2D eigenvalue weighted by molar-refractivity contribution is 7.98. The number of hydrogen-bond donors (Lipinski definition) is 1. The normalized spacial score (nSPS) is 13.2. The molecule has 0 radical (unpaired) electrons. The van der Waals surface area contributed by atoms with Crippen LogP contribution in [0.1, 0.15) is 12.0 Å². The lowest BCUT2D eigenvalue weighted by Crippen LogP contribution is -2.20. The average Bonchev–Trinajstić information content (AvgIpc) is 2.83. The van der Waals surface area contributed by atoms with Crippen LogP contribution in [0.15, 0.2) is 47.4 Å². The van der Waals surface area contributed by atoms with Crippen LogP contribution in [0.3, 0.4) is 0 Å². The Morgan fingerprint density at radius 2 is 1.96 bits per heavy atom. The van der Waals surface area contributed by atoms with Gasteiger partial charge in [0, 0.05) is 17.1 Å². The third-order valence-electron chi connectivity index (χ3n) is 3.40. The molecule has 1 heterocycles. The van der Waals surface area contributed by atoms with Crippen LogP contribution in [-0.4, -0.2) is 25.7 Å². The van der Waals surface area contributed by atoms with E-state index in [4.69, 9.17) is 19.9 Å². The Morgan fingerprint density at radius 3 is 2.79 bits per heavy atom. The van der Waals surface area contributed by atoms with Crippen molar-refractivity contribution in [1.82, 2.24) is 0 Å². The van der Waals surface area contributed by atoms with Crippen LogP contribution in [0.4, 0.5) is 0 Å². The monoisotopic (exact) mass is 345 g/mol. The van der Waals surface area contributed by atoms with Gasteiger partial charge in [-0.15, -0.1) is 11.8 Å². The van der Waals surface area contributed by atoms with Crippen LogP contribution in [0.2, 0.25) is 0 Å². The number of fused-ring (bicyclic) bond motifs is 1. The first kappa shape index (κ1) is 16.5. The Balaban J connectivity index is 1.62. The van der Waals surface area contributed by atoms with Gasteiger partial charge >= 0.3 is 0 Å². The highest BCUT2D eigenvalue weighted by atomic mass is 32.2. The molecule has 0 unspecified atom stereocenters. The van der Waals surface area contributed by atoms with Gasteiger partial charge in [0.2, 0.25) is 0 Å². The van der Waals surface area contributed by atoms with Crippen LogP contribution in [0, 0.1) is 0 Å². The van der Waals surface area contributed by atoms with Crippen molar-refractivity contribution in [2.75, 3.05) is 19.8 Å². The number of carbonyl (C=O) groups excluding carboxylic acids is 1. The Kier molecular flexibility index (Phi) is 5.48. The molecule has 0 saturated heterocycles. The lowest BCUT2D eigenvalue weighted by Gasteiger charge is -2.10. The molecule has 24 heavy (non-hydrogen) atoms. The highest BCUT2D eigenvalue weighted by Gasteiger charge is 2.11. The van der Waals surface area contributed by atoms with E-state index in [0.29, 0.717) is 19.0 Å². The van der Waals surface area contributed by atoms with Crippen molar-refractivity contribution >= 4 is 17.7 Å². The fraction of sp³-hybridized carbons (Fsp3) is 0.278. The second kappa shape index (κ2) is 7.97. The van der Waals surface area contributed by atoms with Crippen molar-refractivity contribution in [3.05, 3.63) is 48.0 Å². The van der Waals surface area contributed by atoms with E-state index in [-0.39, 0.29) is 6.61 Å². The zero-order valence-electron chi connectivity index (χ0n) is 13.2. The molecular weight excluding hydrogens is 326 g/mol. The second-order valence-electron chi connectivity index (χ2n) is 5.35. The number of primary amides is 1. The van der Waals surface area contributed by atoms with Gasteiger partial charge in [0.15, 0.2) is 18.1 Å². The summed E-state index contributed by atoms with van der Waals surface area (Å²) in [6.07, 6.45) is 0.898. The summed E-state index contributed by atoms with van der Waals surface area (Å²) in [6, 6.07) is 13.6. The van der Waals surface area contributed by atoms with Crippen molar-refractivity contribution in [2.24, 2.45) is 5.73 Å². The van der Waals surface area contributed by atoms with Crippen LogP contribution in [0.25, 0.3) is 0 Å². The van der Waals surface area contributed by atoms with E-state index >= 15 is 0 Å². The molecule has 0 fully saturated rings. The summed E-state index contributed by atoms with van der Waals surface area (Å²) < 4.78 is 16.7. The van der Waals surface area contributed by atoms with E-state index in [9.17, 15) is 4.79 Å². The third kappa shape index (κ3) is 4.58. The summed E-state index contributed by atoms with van der Waals surface area (Å²) in [7, 11) is 0. The average molecular weight is 345 g/mol. The summed E-state index contributed by atoms with van der Waals surface area (Å²) in [5, 5.41) is 0. The molecule has 0 atom stereocenters. The predicted octanol–water partition coefficient (Wildman–Crippen LogP) is 3.00. The fourth-order valence-electron chi connectivity index (χ4n) is 2.28. The molecule has 1 aliphatic rings. The van der Waals surface area contributed by atoms with E-state index < -0.39 is 5.91 Å². The van der Waals surface area contributed by atoms with E-state index in [1.807, 2.05) is 42.5 Å². The summed E-state index contributed by atoms with van der Waals surface area (Å²) in [6.45, 7) is 1.26. The molecule has 0 spiro atoms. The van der Waals surface area contributed by atoms with Crippen molar-refractivity contribution in [1.29, 1.82) is 0 Å². The van der Waals surface area contributed by atoms with Gasteiger partial charge in [0.25, 0.3) is 5.91 Å². The summed E-state index contributed by atoms with van der Waals surface area (Å²) >= 11 is 1.70. The van der Waals surface area contributed by atoms with Crippen LogP contribution < -0.4 is 19.9 Å². The first-order valence-corrected chi connectivity index (χ1v) is 8.72. The standard InChI is InChI=1S/C18H19NO4S/c19-18(20)11-23-14-4-1-3-13(9-14)12-24-15-5-6-16-17(10-15)22-8-2-7-21-16/h1,3-6,9-10H,2,7-8,11-12H2,(H2,19,20). The molecule has 5 nitrogen and oxygen atoms in total. The number of amides is 1. The summed E-state index contributed by atoms with van der Waals surface area (Å²) in [5.41, 5.74) is 6.20. The molecule has 0 bridgehead atoms. The molecule has 0 aromatic heterocycles. The zero-order valence-corrected chi connectivity index (χ0v) is 14.0. The quantitative estimate of drug-likeness (QED) is 0.815. The Bertz CT molecular complexity index is 720. The van der Waals surface area contributed by atoms with E-state index in [0.717, 1.165) is 34.1 Å². The molecule has 2 aromatic rings. The van der Waals surface area contributed by atoms with E-state index in [1.54, 1.807) is 11.8 Å². The first-order valence-electron chi connectivity index (χ1n) is 7.73. The molecular formula is C18H19NO4S. The van der Waals surface area contributed by atoms with Crippen molar-refractivity contribution in [2.45, 2.75) is 17.1 Å². The smallest absolute Gasteiger partial charge is 0.255 e. The number of thioether (sulfide) groups is 1. The Labute approximate surface area is 145 Å². The number of nitrogens with two attached hydrogens (primary N) is 1. The van der Waals surface area contributed by atoms with E-state index in [2.05, 4.69) is 0 Å². The predicted molar refractivity (Wildman–Crippen MR) is 92.7 cm³/mol. The van der Waals surface area contributed by atoms with Crippen LogP contribution in [-0.2, 0) is 10.5 Å². The molecule has 0 saturated carbocycles. The van der Waals surface area contributed by atoms with Gasteiger partial charge in [0.05, 0.1) is 13.2 Å². The molecule has 1 aliphatic heterocycles. The molecule has 2 N–H and O–H groups in total. The lowest BCUT2D eigenvalue weighted by atomic mass is 10.2. The van der Waals surface area contributed by atoms with Crippen molar-refractivity contribution in [3.63, 3.8) is 0 Å². The molecule has 3 rings (SSSR count). The number of ether oxygens (including phenoxy) is 3. The molecule has 126 valence electrons. The van der Waals surface area contributed by atoms with Crippen LogP contribution >= 0.6 is 11.8 Å². The maximum absolute atomic E-state index is 10.8. The Hall–Kier alpha value is -2.34. The highest BCUT2D eigenvalue weighted by Crippen LogP contribution is 2.35. The largest absolute Gasteiger partial charge is 0.490 e.